The topological polar surface area (TPSA) is 101 Å². The molecule has 3 atom stereocenters. The number of fused-ring (bicyclic) bond motifs is 1. The molecule has 0 aromatic heterocycles. The highest BCUT2D eigenvalue weighted by atomic mass is 35.5. The molecule has 2 amide bonds. The summed E-state index contributed by atoms with van der Waals surface area (Å²) in [6, 6.07) is 5.65. The highest BCUT2D eigenvalue weighted by molar-refractivity contribution is 6.34. The summed E-state index contributed by atoms with van der Waals surface area (Å²) in [4.78, 5) is 29.9. The molecule has 0 saturated carbocycles. The van der Waals surface area contributed by atoms with Gasteiger partial charge in [-0.1, -0.05) is 23.7 Å². The lowest BCUT2D eigenvalue weighted by Crippen LogP contribution is -2.48. The highest BCUT2D eigenvalue weighted by Crippen LogP contribution is 2.43. The van der Waals surface area contributed by atoms with Crippen LogP contribution in [-0.2, 0) is 9.59 Å². The Morgan fingerprint density at radius 1 is 1.27 bits per heavy atom. The van der Waals surface area contributed by atoms with Gasteiger partial charge >= 0.3 is 0 Å². The summed E-state index contributed by atoms with van der Waals surface area (Å²) in [5.41, 5.74) is 1.87. The number of nitrogens with one attached hydrogen (secondary N) is 3. The number of azo groups is 1. The molecule has 9 nitrogen and oxygen atoms in total. The van der Waals surface area contributed by atoms with Gasteiger partial charge in [0.05, 0.1) is 22.4 Å². The van der Waals surface area contributed by atoms with Crippen molar-refractivity contribution in [2.45, 2.75) is 63.9 Å². The van der Waals surface area contributed by atoms with Crippen LogP contribution in [0.5, 0.6) is 0 Å². The lowest BCUT2D eigenvalue weighted by molar-refractivity contribution is -0.126. The molecule has 3 N–H and O–H groups in total. The number of benzene rings is 1. The maximum Gasteiger partial charge on any atom is 0.294 e. The Morgan fingerprint density at radius 3 is 2.84 bits per heavy atom. The molecular formula is C27H36ClN7O2. The van der Waals surface area contributed by atoms with Crippen LogP contribution < -0.4 is 20.9 Å². The predicted octanol–water partition coefficient (Wildman–Crippen LogP) is 4.20. The Labute approximate surface area is 223 Å². The quantitative estimate of drug-likeness (QED) is 0.380. The number of rotatable bonds is 6. The van der Waals surface area contributed by atoms with Gasteiger partial charge in [0.15, 0.2) is 0 Å². The Bertz CT molecular complexity index is 1140. The van der Waals surface area contributed by atoms with Crippen molar-refractivity contribution in [2.75, 3.05) is 30.4 Å². The maximum atomic E-state index is 13.1. The molecule has 37 heavy (non-hydrogen) atoms. The Morgan fingerprint density at radius 2 is 2.08 bits per heavy atom. The van der Waals surface area contributed by atoms with E-state index in [2.05, 4.69) is 31.1 Å². The average molecular weight is 526 g/mol. The van der Waals surface area contributed by atoms with Crippen molar-refractivity contribution in [3.63, 3.8) is 0 Å². The van der Waals surface area contributed by atoms with Crippen molar-refractivity contribution in [3.05, 3.63) is 59.3 Å². The zero-order valence-corrected chi connectivity index (χ0v) is 22.6. The van der Waals surface area contributed by atoms with E-state index in [-0.39, 0.29) is 23.5 Å². The number of carbonyl (C=O) groups is 2. The van der Waals surface area contributed by atoms with Crippen LogP contribution in [0.15, 0.2) is 64.5 Å². The van der Waals surface area contributed by atoms with Crippen LogP contribution >= 0.6 is 11.6 Å². The first-order valence-electron chi connectivity index (χ1n) is 12.8. The van der Waals surface area contributed by atoms with Crippen molar-refractivity contribution >= 4 is 34.8 Å². The van der Waals surface area contributed by atoms with E-state index in [0.29, 0.717) is 23.7 Å². The van der Waals surface area contributed by atoms with Gasteiger partial charge in [0.25, 0.3) is 5.91 Å². The summed E-state index contributed by atoms with van der Waals surface area (Å²) in [5, 5.41) is 18.7. The number of dihydropyridines is 1. The minimum Gasteiger partial charge on any atom is -0.385 e. The normalized spacial score (nSPS) is 24.0. The molecule has 0 aliphatic carbocycles. The number of likely N-dealkylation sites (tertiary alicyclic amines) is 1. The van der Waals surface area contributed by atoms with Gasteiger partial charge in [-0.15, -0.1) is 10.2 Å². The first-order valence-corrected chi connectivity index (χ1v) is 13.2. The van der Waals surface area contributed by atoms with Crippen molar-refractivity contribution in [2.24, 2.45) is 10.2 Å². The smallest absolute Gasteiger partial charge is 0.294 e. The number of amides is 2. The third-order valence-electron chi connectivity index (χ3n) is 6.99. The summed E-state index contributed by atoms with van der Waals surface area (Å²) in [5.74, 6) is -0.419. The fourth-order valence-corrected chi connectivity index (χ4v) is 4.95. The Kier molecular flexibility index (Phi) is 8.34. The van der Waals surface area contributed by atoms with Crippen LogP contribution in [0.25, 0.3) is 0 Å². The van der Waals surface area contributed by atoms with E-state index in [1.54, 1.807) is 18.4 Å². The fraction of sp³-hybridized carbons (Fsp3) is 0.481. The van der Waals surface area contributed by atoms with Crippen molar-refractivity contribution in [1.82, 2.24) is 15.5 Å². The van der Waals surface area contributed by atoms with E-state index in [9.17, 15) is 9.59 Å². The van der Waals surface area contributed by atoms with E-state index in [1.807, 2.05) is 63.1 Å². The monoisotopic (exact) mass is 525 g/mol. The lowest BCUT2D eigenvalue weighted by atomic mass is 10.1. The van der Waals surface area contributed by atoms with Gasteiger partial charge in [-0.2, -0.15) is 0 Å². The number of halogens is 1. The lowest BCUT2D eigenvalue weighted by Gasteiger charge is -2.34. The fourth-order valence-electron chi connectivity index (χ4n) is 4.68. The summed E-state index contributed by atoms with van der Waals surface area (Å²) in [6.45, 7) is 7.20. The molecule has 1 saturated heterocycles. The second-order valence-electron chi connectivity index (χ2n) is 10.2. The van der Waals surface area contributed by atoms with Gasteiger partial charge in [-0.05, 0) is 77.6 Å². The van der Waals surface area contributed by atoms with Crippen LogP contribution in [-0.4, -0.2) is 60.8 Å². The summed E-state index contributed by atoms with van der Waals surface area (Å²) < 4.78 is 0. The molecule has 198 valence electrons. The number of nitrogens with zero attached hydrogens (tertiary/aromatic N) is 4. The Balaban J connectivity index is 1.58. The molecule has 4 rings (SSSR count). The summed E-state index contributed by atoms with van der Waals surface area (Å²) >= 11 is 6.66. The molecule has 0 radical (unpaired) electrons. The summed E-state index contributed by atoms with van der Waals surface area (Å²) in [6.07, 6.45) is 10.9. The van der Waals surface area contributed by atoms with Gasteiger partial charge in [-0.3, -0.25) is 9.59 Å². The average Bonchev–Trinajstić information content (AvgIpc) is 3.08. The third-order valence-corrected chi connectivity index (χ3v) is 7.29. The highest BCUT2D eigenvalue weighted by Gasteiger charge is 2.38. The van der Waals surface area contributed by atoms with Gasteiger partial charge in [0, 0.05) is 36.3 Å². The molecule has 1 fully saturated rings. The number of carbonyl (C=O) groups excluding carboxylic acids is 2. The van der Waals surface area contributed by atoms with Gasteiger partial charge in [0.2, 0.25) is 12.2 Å². The van der Waals surface area contributed by atoms with Gasteiger partial charge in [-0.25, -0.2) is 0 Å². The first-order chi connectivity index (χ1) is 17.7. The van der Waals surface area contributed by atoms with E-state index < -0.39 is 12.2 Å². The van der Waals surface area contributed by atoms with Gasteiger partial charge in [0.1, 0.15) is 0 Å². The minimum atomic E-state index is -0.610. The van der Waals surface area contributed by atoms with E-state index in [0.717, 1.165) is 30.6 Å². The zero-order valence-electron chi connectivity index (χ0n) is 21.9. The molecule has 2 unspecified atom stereocenters. The van der Waals surface area contributed by atoms with Crippen LogP contribution in [0.3, 0.4) is 0 Å². The largest absolute Gasteiger partial charge is 0.385 e. The number of hydrogen-bond donors (Lipinski definition) is 3. The molecule has 1 aromatic carbocycles. The Hall–Kier alpha value is -3.17. The second kappa shape index (κ2) is 11.5. The molecule has 0 spiro atoms. The summed E-state index contributed by atoms with van der Waals surface area (Å²) in [7, 11) is 1.87. The zero-order chi connectivity index (χ0) is 26.6. The first kappa shape index (κ1) is 26.9. The van der Waals surface area contributed by atoms with E-state index in [1.165, 1.54) is 0 Å². The van der Waals surface area contributed by atoms with Gasteiger partial charge < -0.3 is 25.8 Å². The number of likely N-dealkylation sites (N-methyl/N-ethyl adjacent to an activating group) is 1. The van der Waals surface area contributed by atoms with Crippen LogP contribution in [0.2, 0.25) is 5.02 Å². The number of hydrogen-bond acceptors (Lipinski definition) is 7. The SMILES string of the molecule is CNC(C)(C)/C=C/C(=O)N1CCCC[C@@H](N2c3c(Cl)cccc3NC2N=NC(=O)C2=CC(C)NC=C2)C1. The third kappa shape index (κ3) is 6.40. The molecule has 1 aromatic rings. The molecule has 3 heterocycles. The van der Waals surface area contributed by atoms with E-state index in [4.69, 9.17) is 11.6 Å². The molecule has 0 bridgehead atoms. The standard InChI is InChI=1S/C27H36ClN7O2/c1-18-16-19(12-14-30-18)25(37)32-33-26-31-22-10-7-9-21(28)24(22)35(26)20-8-5-6-15-34(17-20)23(36)11-13-27(2,3)29-4/h7,9-14,16,18,20,26,29-31H,5-6,8,15,17H2,1-4H3/b13-11+,33-32?/t18?,20-,26?/m1/s1. The van der Waals surface area contributed by atoms with Crippen LogP contribution in [0.4, 0.5) is 11.4 Å². The van der Waals surface area contributed by atoms with Crippen molar-refractivity contribution in [1.29, 1.82) is 0 Å². The number of para-hydroxylation sites is 1. The molecule has 3 aliphatic rings. The van der Waals surface area contributed by atoms with Crippen molar-refractivity contribution < 1.29 is 9.59 Å². The molecule has 10 heteroatoms. The van der Waals surface area contributed by atoms with Crippen molar-refractivity contribution in [3.8, 4) is 0 Å². The van der Waals surface area contributed by atoms with Crippen LogP contribution in [0.1, 0.15) is 40.0 Å². The maximum absolute atomic E-state index is 13.1. The molecule has 3 aliphatic heterocycles. The minimum absolute atomic E-state index is 0.0196. The number of anilines is 2. The second-order valence-corrected chi connectivity index (χ2v) is 10.6. The van der Waals surface area contributed by atoms with Crippen LogP contribution in [0, 0.1) is 0 Å². The van der Waals surface area contributed by atoms with E-state index >= 15 is 0 Å². The molecular weight excluding hydrogens is 490 g/mol. The predicted molar refractivity (Wildman–Crippen MR) is 148 cm³/mol.